The van der Waals surface area contributed by atoms with Crippen molar-refractivity contribution < 1.29 is 4.74 Å². The first kappa shape index (κ1) is 20.5. The molecule has 0 aliphatic heterocycles. The van der Waals surface area contributed by atoms with E-state index in [0.717, 1.165) is 11.1 Å². The third-order valence-electron chi connectivity index (χ3n) is 4.33. The highest BCUT2D eigenvalue weighted by Gasteiger charge is 2.17. The number of nitrogens with one attached hydrogen (secondary N) is 1. The number of halogens is 2. The number of hydrogen-bond donors (Lipinski definition) is 1. The third-order valence-corrected chi connectivity index (χ3v) is 4.79. The summed E-state index contributed by atoms with van der Waals surface area (Å²) in [6.45, 7) is 7.00. The topological polar surface area (TPSA) is 59.9 Å². The van der Waals surface area contributed by atoms with Crippen LogP contribution < -0.4 is 9.57 Å². The van der Waals surface area contributed by atoms with E-state index in [1.807, 2.05) is 24.3 Å². The molecule has 3 aromatic rings. The van der Waals surface area contributed by atoms with Crippen LogP contribution in [0, 0.1) is 0 Å². The molecule has 0 aliphatic carbocycles. The average Bonchev–Trinajstić information content (AvgIpc) is 2.68. The van der Waals surface area contributed by atoms with Crippen LogP contribution in [0.4, 0.5) is 0 Å². The monoisotopic (exact) mass is 416 g/mol. The Morgan fingerprint density at radius 1 is 1.00 bits per heavy atom. The van der Waals surface area contributed by atoms with Crippen molar-refractivity contribution in [2.24, 2.45) is 0 Å². The Morgan fingerprint density at radius 3 is 2.43 bits per heavy atom. The van der Waals surface area contributed by atoms with Gasteiger partial charge in [-0.2, -0.15) is 9.97 Å². The van der Waals surface area contributed by atoms with E-state index in [-0.39, 0.29) is 11.4 Å². The second kappa shape index (κ2) is 8.43. The number of aromatic nitrogens is 3. The highest BCUT2D eigenvalue weighted by molar-refractivity contribution is 6.33. The average molecular weight is 417 g/mol. The Bertz CT molecular complexity index is 986. The first-order valence-electron chi connectivity index (χ1n) is 8.85. The molecule has 28 heavy (non-hydrogen) atoms. The number of nitrogens with zero attached hydrogens (tertiary/aromatic N) is 3. The summed E-state index contributed by atoms with van der Waals surface area (Å²) in [6.07, 6.45) is 0. The van der Waals surface area contributed by atoms with Gasteiger partial charge < -0.3 is 4.74 Å². The quantitative estimate of drug-likeness (QED) is 0.563. The standard InChI is InChI=1S/C21H22Cl2N4O/c1-21(2,3)15-7-5-6-14(11-15)18-25-19(27-20(26-18)28-4)16-10-13(12-24-23)8-9-17(16)22/h5-11,24H,12H2,1-4H3. The predicted molar refractivity (Wildman–Crippen MR) is 114 cm³/mol. The maximum atomic E-state index is 6.42. The molecule has 2 aromatic carbocycles. The minimum Gasteiger partial charge on any atom is -0.467 e. The summed E-state index contributed by atoms with van der Waals surface area (Å²) in [5.74, 6) is 0.981. The fourth-order valence-electron chi connectivity index (χ4n) is 2.75. The molecule has 7 heteroatoms. The van der Waals surface area contributed by atoms with Crippen molar-refractivity contribution in [3.63, 3.8) is 0 Å². The SMILES string of the molecule is COc1nc(-c2cccc(C(C)(C)C)c2)nc(-c2cc(CNCl)ccc2Cl)n1. The molecular formula is C21H22Cl2N4O. The lowest BCUT2D eigenvalue weighted by Gasteiger charge is -2.19. The van der Waals surface area contributed by atoms with Gasteiger partial charge in [-0.3, -0.25) is 0 Å². The lowest BCUT2D eigenvalue weighted by molar-refractivity contribution is 0.379. The highest BCUT2D eigenvalue weighted by Crippen LogP contribution is 2.30. The number of ether oxygens (including phenoxy) is 1. The summed E-state index contributed by atoms with van der Waals surface area (Å²) < 4.78 is 5.31. The number of benzene rings is 2. The Kier molecular flexibility index (Phi) is 6.18. The normalized spacial score (nSPS) is 11.5. The van der Waals surface area contributed by atoms with Crippen LogP contribution in [-0.2, 0) is 12.0 Å². The first-order valence-corrected chi connectivity index (χ1v) is 9.60. The third kappa shape index (κ3) is 4.61. The van der Waals surface area contributed by atoms with Gasteiger partial charge in [0, 0.05) is 17.7 Å². The Morgan fingerprint density at radius 2 is 1.75 bits per heavy atom. The highest BCUT2D eigenvalue weighted by atomic mass is 35.5. The van der Waals surface area contributed by atoms with Gasteiger partial charge in [0.2, 0.25) is 0 Å². The van der Waals surface area contributed by atoms with Crippen molar-refractivity contribution in [1.82, 2.24) is 19.8 Å². The number of methoxy groups -OCH3 is 1. The van der Waals surface area contributed by atoms with Crippen LogP contribution in [0.25, 0.3) is 22.8 Å². The van der Waals surface area contributed by atoms with Crippen molar-refractivity contribution in [2.75, 3.05) is 7.11 Å². The summed E-state index contributed by atoms with van der Waals surface area (Å²) >= 11 is 12.0. The zero-order valence-corrected chi connectivity index (χ0v) is 17.8. The van der Waals surface area contributed by atoms with E-state index in [4.69, 9.17) is 28.1 Å². The number of rotatable bonds is 5. The van der Waals surface area contributed by atoms with Crippen LogP contribution in [0.2, 0.25) is 5.02 Å². The van der Waals surface area contributed by atoms with E-state index in [2.05, 4.69) is 52.7 Å². The van der Waals surface area contributed by atoms with Crippen molar-refractivity contribution >= 4 is 23.4 Å². The summed E-state index contributed by atoms with van der Waals surface area (Å²) in [5, 5.41) is 0.543. The molecule has 0 aliphatic rings. The minimum atomic E-state index is 0.0160. The maximum Gasteiger partial charge on any atom is 0.320 e. The van der Waals surface area contributed by atoms with Crippen molar-refractivity contribution in [3.05, 3.63) is 58.6 Å². The molecule has 0 unspecified atom stereocenters. The molecule has 0 spiro atoms. The van der Waals surface area contributed by atoms with Crippen LogP contribution in [0.5, 0.6) is 6.01 Å². The molecule has 0 radical (unpaired) electrons. The maximum absolute atomic E-state index is 6.42. The van der Waals surface area contributed by atoms with Gasteiger partial charge in [0.1, 0.15) is 0 Å². The Labute approximate surface area is 175 Å². The molecule has 0 saturated heterocycles. The fourth-order valence-corrected chi connectivity index (χ4v) is 3.11. The van der Waals surface area contributed by atoms with Gasteiger partial charge in [-0.15, -0.1) is 0 Å². The lowest BCUT2D eigenvalue weighted by Crippen LogP contribution is -2.11. The van der Waals surface area contributed by atoms with Gasteiger partial charge in [0.25, 0.3) is 0 Å². The van der Waals surface area contributed by atoms with Crippen LogP contribution in [-0.4, -0.2) is 22.1 Å². The van der Waals surface area contributed by atoms with E-state index < -0.39 is 0 Å². The molecule has 5 nitrogen and oxygen atoms in total. The molecule has 0 atom stereocenters. The Balaban J connectivity index is 2.13. The van der Waals surface area contributed by atoms with E-state index >= 15 is 0 Å². The summed E-state index contributed by atoms with van der Waals surface area (Å²) in [6, 6.07) is 14.0. The van der Waals surface area contributed by atoms with Crippen LogP contribution >= 0.6 is 23.4 Å². The van der Waals surface area contributed by atoms with E-state index in [0.29, 0.717) is 28.8 Å². The summed E-state index contributed by atoms with van der Waals surface area (Å²) in [5.41, 5.74) is 3.76. The lowest BCUT2D eigenvalue weighted by atomic mass is 9.86. The van der Waals surface area contributed by atoms with Crippen LogP contribution in [0.15, 0.2) is 42.5 Å². The fraction of sp³-hybridized carbons (Fsp3) is 0.286. The van der Waals surface area contributed by atoms with Crippen molar-refractivity contribution in [2.45, 2.75) is 32.7 Å². The largest absolute Gasteiger partial charge is 0.467 e. The van der Waals surface area contributed by atoms with Crippen molar-refractivity contribution in [3.8, 4) is 28.8 Å². The van der Waals surface area contributed by atoms with Gasteiger partial charge in [0.05, 0.1) is 12.1 Å². The predicted octanol–water partition coefficient (Wildman–Crippen LogP) is 5.41. The van der Waals surface area contributed by atoms with Crippen LogP contribution in [0.3, 0.4) is 0 Å². The molecule has 3 rings (SSSR count). The van der Waals surface area contributed by atoms with E-state index in [9.17, 15) is 0 Å². The minimum absolute atomic E-state index is 0.0160. The molecule has 0 amide bonds. The smallest absolute Gasteiger partial charge is 0.320 e. The van der Waals surface area contributed by atoms with Crippen LogP contribution in [0.1, 0.15) is 31.9 Å². The first-order chi connectivity index (χ1) is 13.3. The van der Waals surface area contributed by atoms with Gasteiger partial charge in [-0.25, -0.2) is 9.82 Å². The zero-order chi connectivity index (χ0) is 20.3. The molecule has 146 valence electrons. The molecular weight excluding hydrogens is 395 g/mol. The zero-order valence-electron chi connectivity index (χ0n) is 16.3. The van der Waals surface area contributed by atoms with Gasteiger partial charge >= 0.3 is 6.01 Å². The molecule has 0 bridgehead atoms. The van der Waals surface area contributed by atoms with E-state index in [1.165, 1.54) is 12.7 Å². The molecule has 1 aromatic heterocycles. The van der Waals surface area contributed by atoms with E-state index in [1.54, 1.807) is 6.07 Å². The van der Waals surface area contributed by atoms with Gasteiger partial charge in [-0.05, 0) is 46.5 Å². The van der Waals surface area contributed by atoms with Gasteiger partial charge in [-0.1, -0.05) is 56.6 Å². The molecule has 0 saturated carbocycles. The molecule has 1 N–H and O–H groups in total. The molecule has 1 heterocycles. The van der Waals surface area contributed by atoms with Crippen molar-refractivity contribution in [1.29, 1.82) is 0 Å². The van der Waals surface area contributed by atoms with Gasteiger partial charge in [0.15, 0.2) is 11.6 Å². The second-order valence-electron chi connectivity index (χ2n) is 7.42. The summed E-state index contributed by atoms with van der Waals surface area (Å²) in [4.78, 5) is 16.1. The summed E-state index contributed by atoms with van der Waals surface area (Å²) in [7, 11) is 1.53. The second-order valence-corrected chi connectivity index (χ2v) is 8.10. The Hall–Kier alpha value is -2.21. The number of hydrogen-bond acceptors (Lipinski definition) is 5. The molecule has 0 fully saturated rings.